The normalized spacial score (nSPS) is 9.42. The number of thiol groups is 1. The Balaban J connectivity index is 2.94. The predicted octanol–water partition coefficient (Wildman–Crippen LogP) is 1.01. The molecule has 12 heavy (non-hydrogen) atoms. The molecule has 0 heterocycles. The highest BCUT2D eigenvalue weighted by atomic mass is 32.2. The van der Waals surface area contributed by atoms with Gasteiger partial charge in [-0.05, 0) is 18.6 Å². The third-order valence-electron chi connectivity index (χ3n) is 1.49. The summed E-state index contributed by atoms with van der Waals surface area (Å²) in [6, 6.07) is 6.97. The summed E-state index contributed by atoms with van der Waals surface area (Å²) in [5.74, 6) is -0.565. The van der Waals surface area contributed by atoms with Crippen molar-refractivity contribution in [2.45, 2.75) is 6.92 Å². The van der Waals surface area contributed by atoms with Crippen LogP contribution in [0, 0.1) is 6.92 Å². The second-order valence-electron chi connectivity index (χ2n) is 2.27. The molecule has 3 nitrogen and oxygen atoms in total. The lowest BCUT2D eigenvalue weighted by Crippen LogP contribution is -2.03. The molecule has 0 atom stereocenters. The van der Waals surface area contributed by atoms with E-state index in [2.05, 4.69) is 4.18 Å². The maximum absolute atomic E-state index is 11.0. The lowest BCUT2D eigenvalue weighted by Gasteiger charge is -1.99. The summed E-state index contributed by atoms with van der Waals surface area (Å²) in [5, 5.41) is 0. The Morgan fingerprint density at radius 1 is 1.42 bits per heavy atom. The van der Waals surface area contributed by atoms with Crippen LogP contribution < -0.4 is 0 Å². The fourth-order valence-corrected chi connectivity index (χ4v) is 1.05. The van der Waals surface area contributed by atoms with Crippen molar-refractivity contribution in [2.75, 3.05) is 0 Å². The van der Waals surface area contributed by atoms with Gasteiger partial charge in [0.1, 0.15) is 0 Å². The topological polar surface area (TPSA) is 43.4 Å². The first-order chi connectivity index (χ1) is 5.75. The van der Waals surface area contributed by atoms with E-state index in [1.807, 2.05) is 6.07 Å². The van der Waals surface area contributed by atoms with Crippen LogP contribution in [0.1, 0.15) is 15.9 Å². The third kappa shape index (κ3) is 1.92. The van der Waals surface area contributed by atoms with E-state index in [0.717, 1.165) is 5.56 Å². The number of rotatable bonds is 2. The number of hydrogen-bond donors (Lipinski definition) is 1. The van der Waals surface area contributed by atoms with Crippen molar-refractivity contribution in [3.05, 3.63) is 35.4 Å². The molecule has 0 bridgehead atoms. The highest BCUT2D eigenvalue weighted by molar-refractivity contribution is 7.60. The van der Waals surface area contributed by atoms with Crippen molar-refractivity contribution in [1.29, 1.82) is 0 Å². The minimum absolute atomic E-state index is 0.445. The van der Waals surface area contributed by atoms with Crippen molar-refractivity contribution in [3.8, 4) is 0 Å². The van der Waals surface area contributed by atoms with Gasteiger partial charge in [0.2, 0.25) is 0 Å². The van der Waals surface area contributed by atoms with Gasteiger partial charge < -0.3 is 4.18 Å². The zero-order valence-corrected chi connectivity index (χ0v) is 7.38. The summed E-state index contributed by atoms with van der Waals surface area (Å²) >= 11 is -0.613. The van der Waals surface area contributed by atoms with Gasteiger partial charge in [0.15, 0.2) is 11.9 Å². The highest BCUT2D eigenvalue weighted by Gasteiger charge is 2.07. The van der Waals surface area contributed by atoms with Gasteiger partial charge in [0.05, 0.1) is 5.56 Å². The Kier molecular flexibility index (Phi) is 2.99. The van der Waals surface area contributed by atoms with E-state index in [4.69, 9.17) is 0 Å². The van der Waals surface area contributed by atoms with E-state index in [-0.39, 0.29) is 0 Å². The van der Waals surface area contributed by atoms with Crippen LogP contribution >= 0.6 is 0 Å². The van der Waals surface area contributed by atoms with Gasteiger partial charge in [-0.3, -0.25) is 0 Å². The summed E-state index contributed by atoms with van der Waals surface area (Å²) < 4.78 is 14.2. The second-order valence-corrected chi connectivity index (χ2v) is 2.60. The molecule has 1 aromatic carbocycles. The van der Waals surface area contributed by atoms with Crippen LogP contribution in [0.15, 0.2) is 24.3 Å². The molecule has 0 fully saturated rings. The lowest BCUT2D eigenvalue weighted by molar-refractivity contribution is 0.0762. The molecule has 0 amide bonds. The van der Waals surface area contributed by atoms with Crippen molar-refractivity contribution < 1.29 is 13.2 Å². The van der Waals surface area contributed by atoms with Gasteiger partial charge in [-0.2, -0.15) is 0 Å². The van der Waals surface area contributed by atoms with E-state index in [1.54, 1.807) is 25.1 Å². The summed E-state index contributed by atoms with van der Waals surface area (Å²) in [7, 11) is 0. The van der Waals surface area contributed by atoms with Gasteiger partial charge in [-0.1, -0.05) is 18.2 Å². The molecule has 0 saturated heterocycles. The highest BCUT2D eigenvalue weighted by Crippen LogP contribution is 2.07. The van der Waals surface area contributed by atoms with Crippen LogP contribution in [0.3, 0.4) is 0 Å². The Morgan fingerprint density at radius 3 is 2.67 bits per heavy atom. The molecule has 64 valence electrons. The van der Waals surface area contributed by atoms with Gasteiger partial charge in [0, 0.05) is 0 Å². The SMILES string of the molecule is Cc1ccccc1C(=O)O[SH]=O. The van der Waals surface area contributed by atoms with E-state index >= 15 is 0 Å². The van der Waals surface area contributed by atoms with Crippen LogP contribution in [0.25, 0.3) is 0 Å². The van der Waals surface area contributed by atoms with Gasteiger partial charge in [-0.25, -0.2) is 9.00 Å². The standard InChI is InChI=1S/C8H8O3S/c1-6-4-2-3-5-7(6)8(9)11-12-10/h2-5,12H,1H3. The molecule has 0 saturated carbocycles. The molecule has 0 N–H and O–H groups in total. The molecule has 4 heteroatoms. The first kappa shape index (κ1) is 8.93. The average molecular weight is 184 g/mol. The van der Waals surface area contributed by atoms with Crippen LogP contribution in [0.2, 0.25) is 0 Å². The molecule has 0 spiro atoms. The number of aryl methyl sites for hydroxylation is 1. The molecule has 0 radical (unpaired) electrons. The molecule has 0 aliphatic rings. The third-order valence-corrected chi connectivity index (χ3v) is 1.73. The minimum Gasteiger partial charge on any atom is -0.362 e. The van der Waals surface area contributed by atoms with E-state index < -0.39 is 17.9 Å². The van der Waals surface area contributed by atoms with Crippen LogP contribution in [-0.2, 0) is 16.1 Å². The van der Waals surface area contributed by atoms with E-state index in [0.29, 0.717) is 5.56 Å². The molecule has 0 unspecified atom stereocenters. The van der Waals surface area contributed by atoms with Gasteiger partial charge in [0.25, 0.3) is 0 Å². The summed E-state index contributed by atoms with van der Waals surface area (Å²) in [6.45, 7) is 1.79. The number of carbonyl (C=O) groups is 1. The van der Waals surface area contributed by atoms with Gasteiger partial charge >= 0.3 is 5.97 Å². The monoisotopic (exact) mass is 184 g/mol. The number of hydrogen-bond acceptors (Lipinski definition) is 3. The molecular formula is C8H8O3S. The summed E-state index contributed by atoms with van der Waals surface area (Å²) in [4.78, 5) is 11.0. The minimum atomic E-state index is -0.613. The van der Waals surface area contributed by atoms with Crippen molar-refractivity contribution in [1.82, 2.24) is 0 Å². The van der Waals surface area contributed by atoms with Crippen molar-refractivity contribution in [2.24, 2.45) is 0 Å². The van der Waals surface area contributed by atoms with Crippen LogP contribution in [0.4, 0.5) is 0 Å². The van der Waals surface area contributed by atoms with Crippen molar-refractivity contribution >= 4 is 17.9 Å². The fraction of sp³-hybridized carbons (Fsp3) is 0.125. The molecule has 0 aliphatic carbocycles. The average Bonchev–Trinajstić information content (AvgIpc) is 2.05. The zero-order valence-electron chi connectivity index (χ0n) is 6.48. The fourth-order valence-electron chi connectivity index (χ4n) is 0.885. The molecule has 1 rings (SSSR count). The lowest BCUT2D eigenvalue weighted by atomic mass is 10.1. The smallest absolute Gasteiger partial charge is 0.352 e. The van der Waals surface area contributed by atoms with E-state index in [1.165, 1.54) is 0 Å². The van der Waals surface area contributed by atoms with Crippen LogP contribution in [0.5, 0.6) is 0 Å². The molecule has 0 aromatic heterocycles. The zero-order chi connectivity index (χ0) is 8.97. The number of carbonyl (C=O) groups excluding carboxylic acids is 1. The second kappa shape index (κ2) is 4.01. The van der Waals surface area contributed by atoms with E-state index in [9.17, 15) is 9.00 Å². The molecular weight excluding hydrogens is 176 g/mol. The van der Waals surface area contributed by atoms with Crippen molar-refractivity contribution in [3.63, 3.8) is 0 Å². The quantitative estimate of drug-likeness (QED) is 0.698. The Bertz CT molecular complexity index is 309. The first-order valence-electron chi connectivity index (χ1n) is 3.35. The summed E-state index contributed by atoms with van der Waals surface area (Å²) in [6.07, 6.45) is 0. The largest absolute Gasteiger partial charge is 0.362 e. The Morgan fingerprint density at radius 2 is 2.08 bits per heavy atom. The molecule has 1 aromatic rings. The Hall–Kier alpha value is -1.16. The maximum atomic E-state index is 11.0. The van der Waals surface area contributed by atoms with Crippen LogP contribution in [-0.4, -0.2) is 10.2 Å². The Labute approximate surface area is 74.1 Å². The summed E-state index contributed by atoms with van der Waals surface area (Å²) in [5.41, 5.74) is 1.26. The maximum Gasteiger partial charge on any atom is 0.352 e. The predicted molar refractivity (Wildman–Crippen MR) is 46.1 cm³/mol. The number of benzene rings is 1. The first-order valence-corrected chi connectivity index (χ1v) is 4.08. The molecule has 0 aliphatic heterocycles. The van der Waals surface area contributed by atoms with Gasteiger partial charge in [-0.15, -0.1) is 0 Å².